The summed E-state index contributed by atoms with van der Waals surface area (Å²) >= 11 is 0. The van der Waals surface area contributed by atoms with Crippen LogP contribution in [-0.2, 0) is 9.59 Å². The van der Waals surface area contributed by atoms with Gasteiger partial charge in [0.15, 0.2) is 0 Å². The van der Waals surface area contributed by atoms with Crippen molar-refractivity contribution in [2.45, 2.75) is 33.6 Å². The number of nitrogens with one attached hydrogen (secondary N) is 1. The van der Waals surface area contributed by atoms with E-state index in [2.05, 4.69) is 10.4 Å². The Morgan fingerprint density at radius 1 is 1.00 bits per heavy atom. The molecule has 0 atom stereocenters. The second-order valence-corrected chi connectivity index (χ2v) is 6.24. The lowest BCUT2D eigenvalue weighted by Crippen LogP contribution is -2.36. The lowest BCUT2D eigenvalue weighted by atomic mass is 10.1. The van der Waals surface area contributed by atoms with Gasteiger partial charge in [0.2, 0.25) is 5.91 Å². The smallest absolute Gasteiger partial charge is 0.271 e. The Hall–Kier alpha value is -2.95. The number of rotatable bonds is 3. The van der Waals surface area contributed by atoms with Crippen LogP contribution < -0.4 is 10.3 Å². The lowest BCUT2D eigenvalue weighted by Gasteiger charge is -2.24. The van der Waals surface area contributed by atoms with Crippen molar-refractivity contribution in [2.75, 3.05) is 10.3 Å². The zero-order valence-electron chi connectivity index (χ0n) is 14.7. The van der Waals surface area contributed by atoms with Gasteiger partial charge in [-0.25, -0.2) is 5.01 Å². The van der Waals surface area contributed by atoms with Crippen LogP contribution in [0.4, 0.5) is 11.4 Å². The van der Waals surface area contributed by atoms with Crippen LogP contribution in [-0.4, -0.2) is 17.5 Å². The quantitative estimate of drug-likeness (QED) is 0.929. The SMILES string of the molecule is Cc1ccccc1N1N=C(C(=O)Nc2cccc(C)c2C)CCC1=O. The first-order valence-electron chi connectivity index (χ1n) is 8.31. The molecule has 25 heavy (non-hydrogen) atoms. The molecule has 1 heterocycles. The molecular weight excluding hydrogens is 314 g/mol. The van der Waals surface area contributed by atoms with Gasteiger partial charge in [-0.3, -0.25) is 9.59 Å². The number of amides is 2. The number of benzene rings is 2. The van der Waals surface area contributed by atoms with E-state index in [1.807, 2.05) is 63.2 Å². The van der Waals surface area contributed by atoms with Gasteiger partial charge >= 0.3 is 0 Å². The summed E-state index contributed by atoms with van der Waals surface area (Å²) in [4.78, 5) is 24.9. The Bertz CT molecular complexity index is 871. The van der Waals surface area contributed by atoms with Crippen molar-refractivity contribution in [3.05, 3.63) is 59.2 Å². The summed E-state index contributed by atoms with van der Waals surface area (Å²) in [6.07, 6.45) is 0.616. The van der Waals surface area contributed by atoms with E-state index in [4.69, 9.17) is 0 Å². The number of carbonyl (C=O) groups is 2. The Balaban J connectivity index is 1.87. The van der Waals surface area contributed by atoms with Gasteiger partial charge in [-0.05, 0) is 49.6 Å². The molecule has 2 aromatic rings. The molecule has 1 N–H and O–H groups in total. The van der Waals surface area contributed by atoms with Crippen LogP contribution in [0.2, 0.25) is 0 Å². The molecule has 0 bridgehead atoms. The number of carbonyl (C=O) groups excluding carboxylic acids is 2. The summed E-state index contributed by atoms with van der Waals surface area (Å²) in [6, 6.07) is 13.3. The summed E-state index contributed by atoms with van der Waals surface area (Å²) in [7, 11) is 0. The number of hydrazone groups is 1. The molecule has 5 heteroatoms. The van der Waals surface area contributed by atoms with Gasteiger partial charge in [0.05, 0.1) is 5.69 Å². The minimum absolute atomic E-state index is 0.0995. The van der Waals surface area contributed by atoms with Crippen LogP contribution in [0, 0.1) is 20.8 Å². The van der Waals surface area contributed by atoms with E-state index in [1.54, 1.807) is 0 Å². The van der Waals surface area contributed by atoms with Crippen molar-refractivity contribution in [2.24, 2.45) is 5.10 Å². The van der Waals surface area contributed by atoms with Crippen molar-refractivity contribution >= 4 is 28.9 Å². The van der Waals surface area contributed by atoms with Gasteiger partial charge in [0.1, 0.15) is 5.71 Å². The first kappa shape index (κ1) is 16.9. The Kier molecular flexibility index (Phi) is 4.65. The molecule has 0 fully saturated rings. The first-order valence-corrected chi connectivity index (χ1v) is 8.31. The summed E-state index contributed by atoms with van der Waals surface area (Å²) in [5, 5.41) is 8.59. The minimum Gasteiger partial charge on any atom is -0.321 e. The molecular formula is C20H21N3O2. The molecule has 3 rings (SSSR count). The predicted molar refractivity (Wildman–Crippen MR) is 99.9 cm³/mol. The lowest BCUT2D eigenvalue weighted by molar-refractivity contribution is -0.118. The Labute approximate surface area is 147 Å². The molecule has 5 nitrogen and oxygen atoms in total. The number of aryl methyl sites for hydroxylation is 2. The molecule has 1 aliphatic rings. The fourth-order valence-electron chi connectivity index (χ4n) is 2.79. The standard InChI is InChI=1S/C20H21N3O2/c1-13-8-6-9-16(15(13)3)21-20(25)17-11-12-19(24)23(22-17)18-10-5-4-7-14(18)2/h4-10H,11-12H2,1-3H3,(H,21,25). The second-order valence-electron chi connectivity index (χ2n) is 6.24. The molecule has 1 aliphatic heterocycles. The molecule has 0 saturated heterocycles. The molecule has 0 radical (unpaired) electrons. The van der Waals surface area contributed by atoms with Gasteiger partial charge in [0, 0.05) is 18.5 Å². The van der Waals surface area contributed by atoms with E-state index in [1.165, 1.54) is 5.01 Å². The van der Waals surface area contributed by atoms with Gasteiger partial charge in [-0.1, -0.05) is 30.3 Å². The van der Waals surface area contributed by atoms with E-state index < -0.39 is 0 Å². The average molecular weight is 335 g/mol. The molecule has 2 amide bonds. The summed E-state index contributed by atoms with van der Waals surface area (Å²) < 4.78 is 0. The number of hydrogen-bond donors (Lipinski definition) is 1. The van der Waals surface area contributed by atoms with Crippen LogP contribution in [0.15, 0.2) is 47.6 Å². The maximum absolute atomic E-state index is 12.6. The van der Waals surface area contributed by atoms with Crippen LogP contribution in [0.5, 0.6) is 0 Å². The van der Waals surface area contributed by atoms with E-state index in [0.29, 0.717) is 17.8 Å². The number of hydrogen-bond acceptors (Lipinski definition) is 3. The zero-order chi connectivity index (χ0) is 18.0. The predicted octanol–water partition coefficient (Wildman–Crippen LogP) is 3.73. The van der Waals surface area contributed by atoms with Crippen molar-refractivity contribution < 1.29 is 9.59 Å². The molecule has 2 aromatic carbocycles. The number of nitrogens with zero attached hydrogens (tertiary/aromatic N) is 2. The largest absolute Gasteiger partial charge is 0.321 e. The highest BCUT2D eigenvalue weighted by atomic mass is 16.2. The van der Waals surface area contributed by atoms with Crippen LogP contribution >= 0.6 is 0 Å². The third-order valence-corrected chi connectivity index (χ3v) is 4.49. The van der Waals surface area contributed by atoms with Crippen LogP contribution in [0.1, 0.15) is 29.5 Å². The van der Waals surface area contributed by atoms with E-state index >= 15 is 0 Å². The maximum Gasteiger partial charge on any atom is 0.271 e. The van der Waals surface area contributed by atoms with Crippen LogP contribution in [0.25, 0.3) is 0 Å². The fraction of sp³-hybridized carbons (Fsp3) is 0.250. The van der Waals surface area contributed by atoms with Gasteiger partial charge in [-0.15, -0.1) is 0 Å². The topological polar surface area (TPSA) is 61.8 Å². The summed E-state index contributed by atoms with van der Waals surface area (Å²) in [5.41, 5.74) is 4.93. The van der Waals surface area contributed by atoms with Gasteiger partial charge in [0.25, 0.3) is 5.91 Å². The minimum atomic E-state index is -0.264. The van der Waals surface area contributed by atoms with E-state index in [9.17, 15) is 9.59 Å². The Morgan fingerprint density at radius 3 is 2.48 bits per heavy atom. The molecule has 0 aromatic heterocycles. The van der Waals surface area contributed by atoms with Crippen molar-refractivity contribution in [3.8, 4) is 0 Å². The molecule has 0 saturated carbocycles. The Morgan fingerprint density at radius 2 is 1.72 bits per heavy atom. The number of anilines is 2. The van der Waals surface area contributed by atoms with Crippen molar-refractivity contribution in [1.29, 1.82) is 0 Å². The molecule has 0 unspecified atom stereocenters. The third kappa shape index (κ3) is 3.45. The van der Waals surface area contributed by atoms with Crippen molar-refractivity contribution in [3.63, 3.8) is 0 Å². The fourth-order valence-corrected chi connectivity index (χ4v) is 2.79. The molecule has 0 aliphatic carbocycles. The summed E-state index contributed by atoms with van der Waals surface area (Å²) in [5.74, 6) is -0.364. The highest BCUT2D eigenvalue weighted by Crippen LogP contribution is 2.24. The average Bonchev–Trinajstić information content (AvgIpc) is 2.60. The third-order valence-electron chi connectivity index (χ3n) is 4.49. The van der Waals surface area contributed by atoms with Gasteiger partial charge in [-0.2, -0.15) is 5.10 Å². The van der Waals surface area contributed by atoms with Crippen LogP contribution in [0.3, 0.4) is 0 Å². The van der Waals surface area contributed by atoms with Crippen molar-refractivity contribution in [1.82, 2.24) is 0 Å². The van der Waals surface area contributed by atoms with E-state index in [-0.39, 0.29) is 18.2 Å². The normalized spacial score (nSPS) is 14.3. The summed E-state index contributed by atoms with van der Waals surface area (Å²) in [6.45, 7) is 5.89. The number of para-hydroxylation sites is 1. The first-order chi connectivity index (χ1) is 12.0. The highest BCUT2D eigenvalue weighted by molar-refractivity contribution is 6.44. The second kappa shape index (κ2) is 6.89. The van der Waals surface area contributed by atoms with Gasteiger partial charge < -0.3 is 5.32 Å². The maximum atomic E-state index is 12.6. The molecule has 128 valence electrons. The highest BCUT2D eigenvalue weighted by Gasteiger charge is 2.26. The molecule has 0 spiro atoms. The zero-order valence-corrected chi connectivity index (χ0v) is 14.7. The monoisotopic (exact) mass is 335 g/mol. The van der Waals surface area contributed by atoms with E-state index in [0.717, 1.165) is 22.4 Å².